The van der Waals surface area contributed by atoms with Crippen LogP contribution in [-0.4, -0.2) is 28.1 Å². The zero-order valence-corrected chi connectivity index (χ0v) is 8.58. The van der Waals surface area contributed by atoms with Crippen LogP contribution in [0.15, 0.2) is 15.6 Å². The van der Waals surface area contributed by atoms with Crippen molar-refractivity contribution in [3.8, 4) is 0 Å². The molecule has 1 fully saturated rings. The van der Waals surface area contributed by atoms with Gasteiger partial charge in [-0.2, -0.15) is 13.2 Å². The molecular weight excluding hydrogens is 243 g/mol. The standard InChI is InChI=1S/C8H8F3N3O3/c1-4-2-5(13-16-4)12-6-3-7(15,17-14-6)8(9,10)11/h2,15H,3H2,1H3,(H,12,13,14). The van der Waals surface area contributed by atoms with Crippen molar-refractivity contribution in [3.05, 3.63) is 11.8 Å². The number of hydroxylamine groups is 1. The SMILES string of the molecule is Cc1cc(N=C2CC(O)(C(F)(F)F)ON2)no1. The number of aryl methyl sites for hydroxylation is 1. The van der Waals surface area contributed by atoms with E-state index in [2.05, 4.69) is 19.5 Å². The minimum atomic E-state index is -4.91. The molecule has 0 spiro atoms. The molecule has 1 atom stereocenters. The minimum Gasteiger partial charge on any atom is -0.359 e. The average molecular weight is 251 g/mol. The molecule has 17 heavy (non-hydrogen) atoms. The van der Waals surface area contributed by atoms with Crippen LogP contribution < -0.4 is 5.48 Å². The molecule has 1 aliphatic heterocycles. The Morgan fingerprint density at radius 3 is 2.76 bits per heavy atom. The lowest BCUT2D eigenvalue weighted by molar-refractivity contribution is -0.361. The number of nitrogens with zero attached hydrogens (tertiary/aromatic N) is 2. The van der Waals surface area contributed by atoms with Gasteiger partial charge in [0.05, 0.1) is 6.42 Å². The molecule has 6 nitrogen and oxygen atoms in total. The molecule has 1 aromatic heterocycles. The van der Waals surface area contributed by atoms with Gasteiger partial charge in [-0.1, -0.05) is 5.16 Å². The lowest BCUT2D eigenvalue weighted by Gasteiger charge is -2.21. The lowest BCUT2D eigenvalue weighted by atomic mass is 10.2. The van der Waals surface area contributed by atoms with Crippen molar-refractivity contribution >= 4 is 11.7 Å². The molecule has 1 unspecified atom stereocenters. The van der Waals surface area contributed by atoms with E-state index in [0.29, 0.717) is 5.76 Å². The number of hydrogen-bond acceptors (Lipinski definition) is 5. The molecule has 0 aliphatic carbocycles. The number of nitrogens with one attached hydrogen (secondary N) is 1. The molecule has 0 aromatic carbocycles. The largest absolute Gasteiger partial charge is 0.445 e. The highest BCUT2D eigenvalue weighted by atomic mass is 19.4. The van der Waals surface area contributed by atoms with E-state index in [9.17, 15) is 13.2 Å². The molecule has 1 aliphatic rings. The first-order valence-electron chi connectivity index (χ1n) is 4.54. The molecule has 1 saturated heterocycles. The van der Waals surface area contributed by atoms with Crippen molar-refractivity contribution in [2.24, 2.45) is 4.99 Å². The van der Waals surface area contributed by atoms with Crippen LogP contribution in [0.5, 0.6) is 0 Å². The van der Waals surface area contributed by atoms with Crippen molar-refractivity contribution in [2.45, 2.75) is 25.3 Å². The van der Waals surface area contributed by atoms with Gasteiger partial charge in [0.2, 0.25) is 0 Å². The van der Waals surface area contributed by atoms with Gasteiger partial charge in [-0.25, -0.2) is 15.3 Å². The van der Waals surface area contributed by atoms with Crippen LogP contribution in [0.4, 0.5) is 19.0 Å². The van der Waals surface area contributed by atoms with Crippen LogP contribution in [-0.2, 0) is 4.84 Å². The third-order valence-electron chi connectivity index (χ3n) is 2.05. The van der Waals surface area contributed by atoms with E-state index in [1.807, 2.05) is 5.48 Å². The third kappa shape index (κ3) is 2.24. The molecule has 0 bridgehead atoms. The van der Waals surface area contributed by atoms with Crippen LogP contribution in [0.2, 0.25) is 0 Å². The Morgan fingerprint density at radius 2 is 2.29 bits per heavy atom. The smallest absolute Gasteiger partial charge is 0.359 e. The molecule has 9 heteroatoms. The minimum absolute atomic E-state index is 0.0972. The topological polar surface area (TPSA) is 79.9 Å². The maximum atomic E-state index is 12.4. The van der Waals surface area contributed by atoms with E-state index in [-0.39, 0.29) is 11.7 Å². The number of halogens is 3. The fourth-order valence-corrected chi connectivity index (χ4v) is 1.21. The van der Waals surface area contributed by atoms with Gasteiger partial charge in [-0.15, -0.1) is 0 Å². The van der Waals surface area contributed by atoms with Crippen molar-refractivity contribution in [1.82, 2.24) is 10.6 Å². The zero-order chi connectivity index (χ0) is 12.7. The molecule has 2 N–H and O–H groups in total. The molecular formula is C8H8F3N3O3. The molecule has 94 valence electrons. The summed E-state index contributed by atoms with van der Waals surface area (Å²) < 4.78 is 41.8. The van der Waals surface area contributed by atoms with E-state index in [0.717, 1.165) is 0 Å². The molecule has 0 amide bonds. The number of rotatable bonds is 1. The van der Waals surface area contributed by atoms with Crippen LogP contribution in [0.3, 0.4) is 0 Å². The summed E-state index contributed by atoms with van der Waals surface area (Å²) in [6.45, 7) is 1.61. The second-order valence-corrected chi connectivity index (χ2v) is 3.52. The number of aromatic nitrogens is 1. The molecule has 1 aromatic rings. The van der Waals surface area contributed by atoms with E-state index in [4.69, 9.17) is 5.11 Å². The first kappa shape index (κ1) is 11.9. The summed E-state index contributed by atoms with van der Waals surface area (Å²) in [5, 5.41) is 12.6. The Balaban J connectivity index is 2.15. The summed E-state index contributed by atoms with van der Waals surface area (Å²) in [7, 11) is 0. The van der Waals surface area contributed by atoms with Crippen LogP contribution in [0.1, 0.15) is 12.2 Å². The monoisotopic (exact) mass is 251 g/mol. The van der Waals surface area contributed by atoms with Gasteiger partial charge in [-0.3, -0.25) is 0 Å². The maximum Gasteiger partial charge on any atom is 0.445 e. The first-order valence-corrected chi connectivity index (χ1v) is 4.54. The van der Waals surface area contributed by atoms with Crippen molar-refractivity contribution in [2.75, 3.05) is 0 Å². The fraction of sp³-hybridized carbons (Fsp3) is 0.500. The van der Waals surface area contributed by atoms with Crippen molar-refractivity contribution < 1.29 is 27.6 Å². The van der Waals surface area contributed by atoms with Gasteiger partial charge >= 0.3 is 6.18 Å². The summed E-state index contributed by atoms with van der Waals surface area (Å²) in [4.78, 5) is 7.79. The van der Waals surface area contributed by atoms with Gasteiger partial charge in [-0.05, 0) is 6.92 Å². The van der Waals surface area contributed by atoms with E-state index < -0.39 is 18.4 Å². The summed E-state index contributed by atoms with van der Waals surface area (Å²) in [5.74, 6) is -2.88. The predicted octanol–water partition coefficient (Wildman–Crippen LogP) is 1.19. The van der Waals surface area contributed by atoms with Gasteiger partial charge in [0, 0.05) is 6.07 Å². The average Bonchev–Trinajstić information content (AvgIpc) is 2.74. The second kappa shape index (κ2) is 3.70. The second-order valence-electron chi connectivity index (χ2n) is 3.52. The summed E-state index contributed by atoms with van der Waals surface area (Å²) in [6, 6.07) is 1.43. The van der Waals surface area contributed by atoms with E-state index >= 15 is 0 Å². The van der Waals surface area contributed by atoms with Crippen molar-refractivity contribution in [1.29, 1.82) is 0 Å². The molecule has 2 heterocycles. The van der Waals surface area contributed by atoms with Gasteiger partial charge in [0.15, 0.2) is 5.82 Å². The Morgan fingerprint density at radius 1 is 1.59 bits per heavy atom. The summed E-state index contributed by atoms with van der Waals surface area (Å²) >= 11 is 0. The van der Waals surface area contributed by atoms with E-state index in [1.165, 1.54) is 6.07 Å². The number of alkyl halides is 3. The number of aliphatic hydroxyl groups is 1. The van der Waals surface area contributed by atoms with Gasteiger partial charge in [0.1, 0.15) is 11.6 Å². The predicted molar refractivity (Wildman–Crippen MR) is 48.2 cm³/mol. The highest BCUT2D eigenvalue weighted by molar-refractivity contribution is 5.85. The first-order chi connectivity index (χ1) is 7.80. The molecule has 2 rings (SSSR count). The Bertz CT molecular complexity index is 456. The van der Waals surface area contributed by atoms with Crippen LogP contribution >= 0.6 is 0 Å². The molecule has 0 saturated carbocycles. The van der Waals surface area contributed by atoms with Crippen LogP contribution in [0.25, 0.3) is 0 Å². The van der Waals surface area contributed by atoms with E-state index in [1.54, 1.807) is 6.92 Å². The molecule has 0 radical (unpaired) electrons. The Hall–Kier alpha value is -1.61. The zero-order valence-electron chi connectivity index (χ0n) is 8.58. The van der Waals surface area contributed by atoms with Crippen molar-refractivity contribution in [3.63, 3.8) is 0 Å². The highest BCUT2D eigenvalue weighted by Crippen LogP contribution is 2.36. The Labute approximate surface area is 93.0 Å². The van der Waals surface area contributed by atoms with Gasteiger partial charge < -0.3 is 9.63 Å². The number of hydrogen-bond donors (Lipinski definition) is 2. The summed E-state index contributed by atoms with van der Waals surface area (Å²) in [5.41, 5.74) is 1.91. The normalized spacial score (nSPS) is 27.5. The quantitative estimate of drug-likeness (QED) is 0.783. The van der Waals surface area contributed by atoms with Gasteiger partial charge in [0.25, 0.3) is 5.79 Å². The Kier molecular flexibility index (Phi) is 2.59. The lowest BCUT2D eigenvalue weighted by Crippen LogP contribution is -2.45. The highest BCUT2D eigenvalue weighted by Gasteiger charge is 2.59. The summed E-state index contributed by atoms with van der Waals surface area (Å²) in [6.07, 6.45) is -5.74. The number of amidine groups is 1. The number of aliphatic imine (C=N–C) groups is 1. The third-order valence-corrected chi connectivity index (χ3v) is 2.05. The maximum absolute atomic E-state index is 12.4. The fourth-order valence-electron chi connectivity index (χ4n) is 1.21. The van der Waals surface area contributed by atoms with Crippen LogP contribution in [0, 0.1) is 6.92 Å².